The van der Waals surface area contributed by atoms with E-state index in [0.717, 1.165) is 28.0 Å². The van der Waals surface area contributed by atoms with Gasteiger partial charge in [0.25, 0.3) is 0 Å². The second-order valence-electron chi connectivity index (χ2n) is 5.24. The van der Waals surface area contributed by atoms with Crippen LogP contribution in [-0.2, 0) is 7.05 Å². The highest BCUT2D eigenvalue weighted by molar-refractivity contribution is 7.99. The molecule has 4 nitrogen and oxygen atoms in total. The number of hydrogen-bond donors (Lipinski definition) is 0. The predicted molar refractivity (Wildman–Crippen MR) is 93.8 cm³/mol. The molecule has 0 N–H and O–H groups in total. The molecule has 0 aliphatic rings. The van der Waals surface area contributed by atoms with Gasteiger partial charge in [-0.3, -0.25) is 0 Å². The number of aryl methyl sites for hydroxylation is 1. The van der Waals surface area contributed by atoms with E-state index >= 15 is 0 Å². The monoisotopic (exact) mass is 325 g/mol. The highest BCUT2D eigenvalue weighted by Gasteiger charge is 2.10. The Morgan fingerprint density at radius 1 is 1.04 bits per heavy atom. The van der Waals surface area contributed by atoms with Crippen LogP contribution in [0.5, 0.6) is 5.75 Å². The van der Waals surface area contributed by atoms with E-state index < -0.39 is 0 Å². The SMILES string of the molecule is Cc1cccc(OCCSc2nnc(-c3ccccc3)n2C)c1. The van der Waals surface area contributed by atoms with Crippen LogP contribution in [0.1, 0.15) is 5.56 Å². The van der Waals surface area contributed by atoms with Gasteiger partial charge in [0.05, 0.1) is 6.61 Å². The molecular weight excluding hydrogens is 306 g/mol. The molecule has 0 aliphatic heterocycles. The number of aromatic nitrogens is 3. The third-order valence-electron chi connectivity index (χ3n) is 3.44. The topological polar surface area (TPSA) is 39.9 Å². The number of thioether (sulfide) groups is 1. The minimum atomic E-state index is 0.641. The molecule has 2 aromatic carbocycles. The van der Waals surface area contributed by atoms with Crippen LogP contribution < -0.4 is 4.74 Å². The van der Waals surface area contributed by atoms with E-state index in [0.29, 0.717) is 6.61 Å². The Bertz CT molecular complexity index is 771. The summed E-state index contributed by atoms with van der Waals surface area (Å²) in [6, 6.07) is 18.2. The summed E-state index contributed by atoms with van der Waals surface area (Å²) in [7, 11) is 1.99. The minimum Gasteiger partial charge on any atom is -0.493 e. The van der Waals surface area contributed by atoms with Crippen LogP contribution in [0.3, 0.4) is 0 Å². The molecule has 0 fully saturated rings. The number of hydrogen-bond acceptors (Lipinski definition) is 4. The third-order valence-corrected chi connectivity index (χ3v) is 4.42. The fraction of sp³-hybridized carbons (Fsp3) is 0.222. The Morgan fingerprint density at radius 3 is 2.65 bits per heavy atom. The van der Waals surface area contributed by atoms with Crippen molar-refractivity contribution in [1.29, 1.82) is 0 Å². The quantitative estimate of drug-likeness (QED) is 0.508. The van der Waals surface area contributed by atoms with Crippen molar-refractivity contribution in [2.45, 2.75) is 12.1 Å². The molecule has 23 heavy (non-hydrogen) atoms. The molecule has 118 valence electrons. The van der Waals surface area contributed by atoms with Crippen LogP contribution in [0.4, 0.5) is 0 Å². The first-order valence-corrected chi connectivity index (χ1v) is 8.49. The molecule has 3 aromatic rings. The smallest absolute Gasteiger partial charge is 0.191 e. The summed E-state index contributed by atoms with van der Waals surface area (Å²) >= 11 is 1.65. The van der Waals surface area contributed by atoms with Gasteiger partial charge in [0.2, 0.25) is 0 Å². The summed E-state index contributed by atoms with van der Waals surface area (Å²) in [5.41, 5.74) is 2.28. The Hall–Kier alpha value is -2.27. The van der Waals surface area contributed by atoms with Gasteiger partial charge in [0.15, 0.2) is 11.0 Å². The zero-order valence-corrected chi connectivity index (χ0v) is 14.1. The lowest BCUT2D eigenvalue weighted by molar-refractivity contribution is 0.343. The van der Waals surface area contributed by atoms with E-state index in [1.165, 1.54) is 5.56 Å². The van der Waals surface area contributed by atoms with Crippen LogP contribution in [0.25, 0.3) is 11.4 Å². The van der Waals surface area contributed by atoms with Crippen LogP contribution in [-0.4, -0.2) is 27.1 Å². The molecule has 0 radical (unpaired) electrons. The summed E-state index contributed by atoms with van der Waals surface area (Å²) < 4.78 is 7.78. The fourth-order valence-electron chi connectivity index (χ4n) is 2.28. The highest BCUT2D eigenvalue weighted by Crippen LogP contribution is 2.22. The van der Waals surface area contributed by atoms with E-state index in [2.05, 4.69) is 23.2 Å². The molecule has 1 heterocycles. The van der Waals surface area contributed by atoms with Gasteiger partial charge in [-0.15, -0.1) is 10.2 Å². The first kappa shape index (κ1) is 15.6. The van der Waals surface area contributed by atoms with Crippen molar-refractivity contribution in [3.63, 3.8) is 0 Å². The zero-order chi connectivity index (χ0) is 16.1. The molecule has 0 unspecified atom stereocenters. The van der Waals surface area contributed by atoms with Crippen molar-refractivity contribution in [2.24, 2.45) is 7.05 Å². The first-order valence-electron chi connectivity index (χ1n) is 7.51. The molecule has 0 saturated heterocycles. The molecule has 0 bridgehead atoms. The summed E-state index contributed by atoms with van der Waals surface area (Å²) in [5.74, 6) is 2.62. The Morgan fingerprint density at radius 2 is 1.87 bits per heavy atom. The summed E-state index contributed by atoms with van der Waals surface area (Å²) in [6.45, 7) is 2.70. The summed E-state index contributed by atoms with van der Waals surface area (Å²) in [5, 5.41) is 9.46. The van der Waals surface area contributed by atoms with Gasteiger partial charge in [0.1, 0.15) is 5.75 Å². The maximum Gasteiger partial charge on any atom is 0.191 e. The number of ether oxygens (including phenoxy) is 1. The van der Waals surface area contributed by atoms with Crippen molar-refractivity contribution < 1.29 is 4.74 Å². The van der Waals surface area contributed by atoms with Gasteiger partial charge in [0, 0.05) is 18.4 Å². The molecule has 0 atom stereocenters. The molecule has 0 aliphatic carbocycles. The maximum absolute atomic E-state index is 5.76. The van der Waals surface area contributed by atoms with Gasteiger partial charge in [-0.1, -0.05) is 54.2 Å². The fourth-order valence-corrected chi connectivity index (χ4v) is 3.00. The van der Waals surface area contributed by atoms with E-state index in [9.17, 15) is 0 Å². The van der Waals surface area contributed by atoms with E-state index in [-0.39, 0.29) is 0 Å². The van der Waals surface area contributed by atoms with E-state index in [1.54, 1.807) is 11.8 Å². The van der Waals surface area contributed by atoms with E-state index in [4.69, 9.17) is 4.74 Å². The molecule has 5 heteroatoms. The van der Waals surface area contributed by atoms with E-state index in [1.807, 2.05) is 60.1 Å². The number of benzene rings is 2. The van der Waals surface area contributed by atoms with Crippen LogP contribution in [0.15, 0.2) is 59.8 Å². The largest absolute Gasteiger partial charge is 0.493 e. The lowest BCUT2D eigenvalue weighted by Crippen LogP contribution is -2.02. The lowest BCUT2D eigenvalue weighted by atomic mass is 10.2. The molecule has 0 saturated carbocycles. The van der Waals surface area contributed by atoms with Crippen molar-refractivity contribution in [2.75, 3.05) is 12.4 Å². The average molecular weight is 325 g/mol. The zero-order valence-electron chi connectivity index (χ0n) is 13.3. The predicted octanol–water partition coefficient (Wildman–Crippen LogP) is 3.96. The number of rotatable bonds is 6. The maximum atomic E-state index is 5.76. The minimum absolute atomic E-state index is 0.641. The van der Waals surface area contributed by atoms with Gasteiger partial charge >= 0.3 is 0 Å². The lowest BCUT2D eigenvalue weighted by Gasteiger charge is -2.07. The normalized spacial score (nSPS) is 10.7. The molecule has 0 spiro atoms. The number of nitrogens with zero attached hydrogens (tertiary/aromatic N) is 3. The van der Waals surface area contributed by atoms with Crippen LogP contribution >= 0.6 is 11.8 Å². The second kappa shape index (κ2) is 7.33. The average Bonchev–Trinajstić information content (AvgIpc) is 2.93. The summed E-state index contributed by atoms with van der Waals surface area (Å²) in [4.78, 5) is 0. The van der Waals surface area contributed by atoms with Crippen molar-refractivity contribution in [3.8, 4) is 17.1 Å². The first-order chi connectivity index (χ1) is 11.2. The van der Waals surface area contributed by atoms with Crippen LogP contribution in [0.2, 0.25) is 0 Å². The van der Waals surface area contributed by atoms with Gasteiger partial charge in [-0.05, 0) is 24.6 Å². The molecule has 3 rings (SSSR count). The van der Waals surface area contributed by atoms with Crippen LogP contribution in [0, 0.1) is 6.92 Å². The van der Waals surface area contributed by atoms with Crippen molar-refractivity contribution >= 4 is 11.8 Å². The Labute approximate surface area is 140 Å². The highest BCUT2D eigenvalue weighted by atomic mass is 32.2. The molecular formula is C18H19N3OS. The van der Waals surface area contributed by atoms with Gasteiger partial charge in [-0.25, -0.2) is 0 Å². The standard InChI is InChI=1S/C18H19N3OS/c1-14-7-6-10-16(13-14)22-11-12-23-18-20-19-17(21(18)2)15-8-4-3-5-9-15/h3-10,13H,11-12H2,1-2H3. The van der Waals surface area contributed by atoms with Crippen molar-refractivity contribution in [3.05, 3.63) is 60.2 Å². The third kappa shape index (κ3) is 3.93. The second-order valence-corrected chi connectivity index (χ2v) is 6.31. The van der Waals surface area contributed by atoms with Crippen molar-refractivity contribution in [1.82, 2.24) is 14.8 Å². The summed E-state index contributed by atoms with van der Waals surface area (Å²) in [6.07, 6.45) is 0. The van der Waals surface area contributed by atoms with Gasteiger partial charge < -0.3 is 9.30 Å². The Kier molecular flexibility index (Phi) is 4.98. The molecule has 1 aromatic heterocycles. The van der Waals surface area contributed by atoms with Gasteiger partial charge in [-0.2, -0.15) is 0 Å². The molecule has 0 amide bonds. The Balaban J connectivity index is 1.56.